The molecule has 0 saturated heterocycles. The third-order valence-electron chi connectivity index (χ3n) is 2.87. The maximum absolute atomic E-state index is 11.6. The van der Waals surface area contributed by atoms with Crippen molar-refractivity contribution in [1.29, 1.82) is 0 Å². The summed E-state index contributed by atoms with van der Waals surface area (Å²) in [5, 5.41) is 4.59. The highest BCUT2D eigenvalue weighted by Gasteiger charge is 2.19. The second kappa shape index (κ2) is 7.29. The molecular weight excluding hydrogens is 354 g/mol. The lowest BCUT2D eigenvalue weighted by Crippen LogP contribution is -2.26. The summed E-state index contributed by atoms with van der Waals surface area (Å²) in [5.74, 6) is 0. The van der Waals surface area contributed by atoms with Gasteiger partial charge in [-0.2, -0.15) is 8.42 Å². The Morgan fingerprint density at radius 2 is 1.62 bits per heavy atom. The topological polar surface area (TPSA) is 118 Å². The first-order valence-electron chi connectivity index (χ1n) is 6.87. The summed E-state index contributed by atoms with van der Waals surface area (Å²) in [6.07, 6.45) is 0. The van der Waals surface area contributed by atoms with E-state index >= 15 is 0 Å². The number of hydrogen-bond donors (Lipinski definition) is 2. The summed E-state index contributed by atoms with van der Waals surface area (Å²) in [6, 6.07) is 8.91. The third-order valence-corrected chi connectivity index (χ3v) is 3.75. The Labute approximate surface area is 142 Å². The summed E-state index contributed by atoms with van der Waals surface area (Å²) in [5.41, 5.74) is 1.27. The van der Waals surface area contributed by atoms with Crippen molar-refractivity contribution in [3.8, 4) is 0 Å². The fourth-order valence-electron chi connectivity index (χ4n) is 2.24. The molecule has 0 fully saturated rings. The molecule has 24 heavy (non-hydrogen) atoms. The summed E-state index contributed by atoms with van der Waals surface area (Å²) < 4.78 is 58.1. The number of rotatable bonds is 2. The van der Waals surface area contributed by atoms with Crippen molar-refractivity contribution in [2.24, 2.45) is 0 Å². The van der Waals surface area contributed by atoms with E-state index in [4.69, 9.17) is 12.6 Å². The zero-order valence-corrected chi connectivity index (χ0v) is 15.3. The van der Waals surface area contributed by atoms with Gasteiger partial charge in [0.1, 0.15) is 4.90 Å². The molecule has 7 nitrogen and oxygen atoms in total. The molecule has 2 aromatic rings. The molecule has 2 rings (SSSR count). The van der Waals surface area contributed by atoms with Crippen molar-refractivity contribution in [3.05, 3.63) is 35.9 Å². The van der Waals surface area contributed by atoms with Crippen molar-refractivity contribution in [2.75, 3.05) is 5.32 Å². The van der Waals surface area contributed by atoms with Gasteiger partial charge in [0, 0.05) is 16.6 Å². The number of hydrogen-bond acceptors (Lipinski definition) is 6. The summed E-state index contributed by atoms with van der Waals surface area (Å²) >= 11 is 0. The Morgan fingerprint density at radius 1 is 1.08 bits per heavy atom. The van der Waals surface area contributed by atoms with Gasteiger partial charge in [0.2, 0.25) is 0 Å². The normalized spacial score (nSPS) is 11.5. The Bertz CT molecular complexity index is 951. The highest BCUT2D eigenvalue weighted by Crippen LogP contribution is 2.32. The van der Waals surface area contributed by atoms with Crippen LogP contribution in [0.2, 0.25) is 0 Å². The molecule has 0 aliphatic heterocycles. The number of nitrogens with one attached hydrogen (secondary N) is 1. The fourth-order valence-corrected chi connectivity index (χ4v) is 3.06. The van der Waals surface area contributed by atoms with Gasteiger partial charge in [0.25, 0.3) is 10.1 Å². The van der Waals surface area contributed by atoms with Crippen molar-refractivity contribution < 1.29 is 25.6 Å². The molecule has 0 atom stereocenters. The second-order valence-electron chi connectivity index (χ2n) is 6.22. The van der Waals surface area contributed by atoms with E-state index in [1.165, 1.54) is 6.07 Å². The first kappa shape index (κ1) is 20.1. The van der Waals surface area contributed by atoms with E-state index in [2.05, 4.69) is 5.32 Å². The van der Waals surface area contributed by atoms with E-state index < -0.39 is 20.7 Å². The first-order valence-corrected chi connectivity index (χ1v) is 9.31. The lowest BCUT2D eigenvalue weighted by atomic mass is 10.0. The first-order chi connectivity index (χ1) is 10.8. The SMILES string of the molecule is Cc1cc(S(=O)(=O)O)c2c(NC(C)(C)C)cccc2c1.O=S(=O)=O. The van der Waals surface area contributed by atoms with Gasteiger partial charge in [-0.05, 0) is 50.8 Å². The van der Waals surface area contributed by atoms with Crippen LogP contribution >= 0.6 is 0 Å². The van der Waals surface area contributed by atoms with Crippen LogP contribution in [0.25, 0.3) is 10.8 Å². The minimum atomic E-state index is -4.27. The average molecular weight is 373 g/mol. The Morgan fingerprint density at radius 3 is 2.08 bits per heavy atom. The van der Waals surface area contributed by atoms with Gasteiger partial charge in [-0.1, -0.05) is 18.2 Å². The Hall–Kier alpha value is -1.97. The third kappa shape index (κ3) is 5.91. The van der Waals surface area contributed by atoms with Crippen molar-refractivity contribution in [3.63, 3.8) is 0 Å². The molecule has 132 valence electrons. The standard InChI is InChI=1S/C15H19NO3S.O3S/c1-10-8-11-6-5-7-12(16-15(2,3)4)14(11)13(9-10)20(17,18)19;1-4(2)3/h5-9,16H,1-4H3,(H,17,18,19);. The minimum Gasteiger partial charge on any atom is -0.380 e. The summed E-state index contributed by atoms with van der Waals surface area (Å²) in [6.45, 7) is 7.78. The van der Waals surface area contributed by atoms with Gasteiger partial charge in [0.05, 0.1) is 0 Å². The summed E-state index contributed by atoms with van der Waals surface area (Å²) in [7, 11) is -7.38. The lowest BCUT2D eigenvalue weighted by molar-refractivity contribution is 0.484. The van der Waals surface area contributed by atoms with Gasteiger partial charge in [-0.15, -0.1) is 12.6 Å². The summed E-state index contributed by atoms with van der Waals surface area (Å²) in [4.78, 5) is -0.0557. The molecule has 0 amide bonds. The molecule has 0 heterocycles. The van der Waals surface area contributed by atoms with Crippen LogP contribution in [0.4, 0.5) is 5.69 Å². The van der Waals surface area contributed by atoms with Gasteiger partial charge >= 0.3 is 10.6 Å². The van der Waals surface area contributed by atoms with Crippen molar-refractivity contribution >= 4 is 37.2 Å². The molecule has 0 aromatic heterocycles. The molecule has 0 aliphatic carbocycles. The van der Waals surface area contributed by atoms with Crippen LogP contribution in [-0.4, -0.2) is 31.1 Å². The van der Waals surface area contributed by atoms with Crippen LogP contribution in [-0.2, 0) is 20.7 Å². The number of aryl methyl sites for hydroxylation is 1. The molecule has 2 N–H and O–H groups in total. The Balaban J connectivity index is 0.000000648. The van der Waals surface area contributed by atoms with E-state index in [0.29, 0.717) is 11.1 Å². The molecule has 0 unspecified atom stereocenters. The van der Waals surface area contributed by atoms with Gasteiger partial charge in [-0.25, -0.2) is 0 Å². The molecule has 0 saturated carbocycles. The van der Waals surface area contributed by atoms with Gasteiger partial charge in [-0.3, -0.25) is 4.55 Å². The highest BCUT2D eigenvalue weighted by molar-refractivity contribution is 7.86. The molecule has 0 radical (unpaired) electrons. The van der Waals surface area contributed by atoms with Crippen molar-refractivity contribution in [2.45, 2.75) is 38.1 Å². The lowest BCUT2D eigenvalue weighted by Gasteiger charge is -2.24. The van der Waals surface area contributed by atoms with Crippen LogP contribution in [0.3, 0.4) is 0 Å². The molecular formula is C15H19NO6S2. The molecule has 2 aromatic carbocycles. The maximum atomic E-state index is 11.6. The zero-order valence-electron chi connectivity index (χ0n) is 13.7. The second-order valence-corrected chi connectivity index (χ2v) is 8.02. The molecule has 9 heteroatoms. The van der Waals surface area contributed by atoms with E-state index in [-0.39, 0.29) is 10.4 Å². The maximum Gasteiger partial charge on any atom is 0.425 e. The van der Waals surface area contributed by atoms with Crippen molar-refractivity contribution in [1.82, 2.24) is 0 Å². The molecule has 0 aliphatic rings. The smallest absolute Gasteiger partial charge is 0.380 e. The molecule has 0 bridgehead atoms. The van der Waals surface area contributed by atoms with Crippen LogP contribution in [0, 0.1) is 6.92 Å². The quantitative estimate of drug-likeness (QED) is 0.777. The van der Waals surface area contributed by atoms with Crippen LogP contribution < -0.4 is 5.32 Å². The molecule has 0 spiro atoms. The zero-order chi connectivity index (χ0) is 18.7. The Kier molecular flexibility index (Phi) is 6.09. The highest BCUT2D eigenvalue weighted by atomic mass is 32.2. The monoisotopic (exact) mass is 373 g/mol. The van der Waals surface area contributed by atoms with Crippen LogP contribution in [0.15, 0.2) is 35.2 Å². The number of fused-ring (bicyclic) bond motifs is 1. The minimum absolute atomic E-state index is 0.0557. The van der Waals surface area contributed by atoms with E-state index in [9.17, 15) is 13.0 Å². The van der Waals surface area contributed by atoms with Gasteiger partial charge < -0.3 is 5.32 Å². The fraction of sp³-hybridized carbons (Fsp3) is 0.333. The van der Waals surface area contributed by atoms with Gasteiger partial charge in [0.15, 0.2) is 0 Å². The number of anilines is 1. The van der Waals surface area contributed by atoms with E-state index in [0.717, 1.165) is 10.9 Å². The van der Waals surface area contributed by atoms with Crippen LogP contribution in [0.1, 0.15) is 26.3 Å². The van der Waals surface area contributed by atoms with Crippen LogP contribution in [0.5, 0.6) is 0 Å². The van der Waals surface area contributed by atoms with E-state index in [1.807, 2.05) is 45.0 Å². The van der Waals surface area contributed by atoms with E-state index in [1.54, 1.807) is 6.92 Å². The largest absolute Gasteiger partial charge is 0.425 e. The predicted octanol–water partition coefficient (Wildman–Crippen LogP) is 2.60. The predicted molar refractivity (Wildman–Crippen MR) is 91.6 cm³/mol. The average Bonchev–Trinajstić information content (AvgIpc) is 2.33. The number of benzene rings is 2.